The van der Waals surface area contributed by atoms with Crippen molar-refractivity contribution in [1.82, 2.24) is 0 Å². The van der Waals surface area contributed by atoms with Crippen LogP contribution in [0.2, 0.25) is 0 Å². The predicted octanol–water partition coefficient (Wildman–Crippen LogP) is 3.41. The predicted molar refractivity (Wildman–Crippen MR) is 109 cm³/mol. The molecule has 1 fully saturated rings. The molecule has 3 rings (SSSR count). The lowest BCUT2D eigenvalue weighted by molar-refractivity contribution is -0.144. The Morgan fingerprint density at radius 3 is 2.31 bits per heavy atom. The van der Waals surface area contributed by atoms with E-state index in [-0.39, 0.29) is 18.7 Å². The topological polar surface area (TPSA) is 103 Å². The first-order valence-electron chi connectivity index (χ1n) is 10.1. The van der Waals surface area contributed by atoms with Crippen LogP contribution in [0.3, 0.4) is 0 Å². The van der Waals surface area contributed by atoms with Gasteiger partial charge in [-0.15, -0.1) is 0 Å². The SMILES string of the molecule is N#Cc1ccc(NC(=O)C(O)(Cc2ccc(CO)cc2)C2CCOCC2)cc1C(F)(F)F. The fraction of sp³-hybridized carbons (Fsp3) is 0.391. The van der Waals surface area contributed by atoms with Crippen molar-refractivity contribution < 1.29 is 32.9 Å². The van der Waals surface area contributed by atoms with Gasteiger partial charge in [-0.1, -0.05) is 24.3 Å². The minimum atomic E-state index is -4.77. The molecular weight excluding hydrogens is 425 g/mol. The maximum atomic E-state index is 13.3. The Morgan fingerprint density at radius 1 is 1.12 bits per heavy atom. The number of carbonyl (C=O) groups excluding carboxylic acids is 1. The molecule has 0 spiro atoms. The normalized spacial score (nSPS) is 16.8. The van der Waals surface area contributed by atoms with E-state index < -0.39 is 34.7 Å². The molecule has 0 bridgehead atoms. The average Bonchev–Trinajstić information content (AvgIpc) is 2.79. The van der Waals surface area contributed by atoms with E-state index in [1.165, 1.54) is 12.1 Å². The van der Waals surface area contributed by atoms with Gasteiger partial charge in [0.25, 0.3) is 5.91 Å². The van der Waals surface area contributed by atoms with Gasteiger partial charge in [0.05, 0.1) is 23.8 Å². The fourth-order valence-electron chi connectivity index (χ4n) is 3.85. The summed E-state index contributed by atoms with van der Waals surface area (Å²) in [6.07, 6.45) is -3.99. The van der Waals surface area contributed by atoms with E-state index in [9.17, 15) is 28.2 Å². The zero-order valence-electron chi connectivity index (χ0n) is 17.2. The molecular formula is C23H23F3N2O4. The lowest BCUT2D eigenvalue weighted by Gasteiger charge is -2.37. The Kier molecular flexibility index (Phi) is 7.19. The number of nitriles is 1. The standard InChI is InChI=1S/C23H23F3N2O4/c24-23(25,26)20-11-19(6-5-17(20)13-27)28-21(30)22(31,18-7-9-32-10-8-18)12-15-1-3-16(14-29)4-2-15/h1-6,11,18,29,31H,7-10,12,14H2,(H,28,30). The number of alkyl halides is 3. The molecule has 2 aromatic carbocycles. The van der Waals surface area contributed by atoms with E-state index in [1.54, 1.807) is 24.3 Å². The van der Waals surface area contributed by atoms with E-state index in [0.29, 0.717) is 43.2 Å². The molecule has 1 atom stereocenters. The van der Waals surface area contributed by atoms with Crippen LogP contribution >= 0.6 is 0 Å². The van der Waals surface area contributed by atoms with Crippen LogP contribution in [0.5, 0.6) is 0 Å². The molecule has 0 saturated carbocycles. The van der Waals surface area contributed by atoms with Gasteiger partial charge in [-0.3, -0.25) is 4.79 Å². The van der Waals surface area contributed by atoms with E-state index in [1.807, 2.05) is 0 Å². The third kappa shape index (κ3) is 5.27. The number of aliphatic hydroxyl groups excluding tert-OH is 1. The molecule has 3 N–H and O–H groups in total. The van der Waals surface area contributed by atoms with Gasteiger partial charge < -0.3 is 20.3 Å². The molecule has 1 aliphatic rings. The molecule has 0 aromatic heterocycles. The third-order valence-corrected chi connectivity index (χ3v) is 5.67. The highest BCUT2D eigenvalue weighted by Gasteiger charge is 2.44. The summed E-state index contributed by atoms with van der Waals surface area (Å²) in [5.41, 5.74) is -2.46. The highest BCUT2D eigenvalue weighted by Crippen LogP contribution is 2.35. The molecule has 1 unspecified atom stereocenters. The van der Waals surface area contributed by atoms with E-state index in [0.717, 1.165) is 6.07 Å². The number of hydrogen-bond donors (Lipinski definition) is 3. The van der Waals surface area contributed by atoms with Crippen molar-refractivity contribution in [2.45, 2.75) is 37.6 Å². The lowest BCUT2D eigenvalue weighted by atomic mass is 9.77. The van der Waals surface area contributed by atoms with E-state index in [2.05, 4.69) is 5.32 Å². The van der Waals surface area contributed by atoms with Crippen LogP contribution in [0.1, 0.15) is 35.1 Å². The summed E-state index contributed by atoms with van der Waals surface area (Å²) in [4.78, 5) is 13.2. The Hall–Kier alpha value is -2.93. The number of nitrogens with one attached hydrogen (secondary N) is 1. The van der Waals surface area contributed by atoms with Gasteiger partial charge in [0.1, 0.15) is 5.60 Å². The number of hydrogen-bond acceptors (Lipinski definition) is 5. The zero-order chi connectivity index (χ0) is 23.4. The molecule has 0 aliphatic carbocycles. The van der Waals surface area contributed by atoms with Crippen molar-refractivity contribution in [2.24, 2.45) is 5.92 Å². The number of carbonyl (C=O) groups is 1. The summed E-state index contributed by atoms with van der Waals surface area (Å²) < 4.78 is 45.2. The first kappa shape index (κ1) is 23.7. The Bertz CT molecular complexity index is 996. The third-order valence-electron chi connectivity index (χ3n) is 5.67. The summed E-state index contributed by atoms with van der Waals surface area (Å²) in [7, 11) is 0. The highest BCUT2D eigenvalue weighted by molar-refractivity contribution is 5.97. The lowest BCUT2D eigenvalue weighted by Crippen LogP contribution is -2.52. The summed E-state index contributed by atoms with van der Waals surface area (Å²) in [6.45, 7) is 0.572. The van der Waals surface area contributed by atoms with Crippen molar-refractivity contribution in [2.75, 3.05) is 18.5 Å². The summed E-state index contributed by atoms with van der Waals surface area (Å²) in [5, 5.41) is 32.0. The second-order valence-electron chi connectivity index (χ2n) is 7.79. The number of nitrogens with zero attached hydrogens (tertiary/aromatic N) is 1. The number of benzene rings is 2. The smallest absolute Gasteiger partial charge is 0.392 e. The average molecular weight is 448 g/mol. The molecule has 1 aliphatic heterocycles. The quantitative estimate of drug-likeness (QED) is 0.629. The molecule has 32 heavy (non-hydrogen) atoms. The number of aliphatic hydroxyl groups is 2. The van der Waals surface area contributed by atoms with Crippen LogP contribution in [0.4, 0.5) is 18.9 Å². The van der Waals surface area contributed by atoms with Gasteiger partial charge in [-0.25, -0.2) is 0 Å². The minimum Gasteiger partial charge on any atom is -0.392 e. The van der Waals surface area contributed by atoms with Crippen LogP contribution in [0.15, 0.2) is 42.5 Å². The molecule has 2 aromatic rings. The van der Waals surface area contributed by atoms with Crippen LogP contribution in [-0.2, 0) is 28.7 Å². The zero-order valence-corrected chi connectivity index (χ0v) is 17.2. The maximum absolute atomic E-state index is 13.3. The van der Waals surface area contributed by atoms with Gasteiger partial charge in [-0.2, -0.15) is 18.4 Å². The molecule has 1 heterocycles. The fourth-order valence-corrected chi connectivity index (χ4v) is 3.85. The molecule has 170 valence electrons. The summed E-state index contributed by atoms with van der Waals surface area (Å²) >= 11 is 0. The summed E-state index contributed by atoms with van der Waals surface area (Å²) in [5.74, 6) is -1.29. The van der Waals surface area contributed by atoms with Gasteiger partial charge in [0.15, 0.2) is 0 Å². The Balaban J connectivity index is 1.90. The van der Waals surface area contributed by atoms with Crippen LogP contribution in [-0.4, -0.2) is 34.9 Å². The number of amides is 1. The van der Waals surface area contributed by atoms with Crippen molar-refractivity contribution in [3.8, 4) is 6.07 Å². The van der Waals surface area contributed by atoms with E-state index >= 15 is 0 Å². The second-order valence-corrected chi connectivity index (χ2v) is 7.79. The molecule has 1 saturated heterocycles. The molecule has 6 nitrogen and oxygen atoms in total. The minimum absolute atomic E-state index is 0.0579. The number of ether oxygens (including phenoxy) is 1. The van der Waals surface area contributed by atoms with Gasteiger partial charge in [0, 0.05) is 31.2 Å². The van der Waals surface area contributed by atoms with E-state index in [4.69, 9.17) is 10.00 Å². The van der Waals surface area contributed by atoms with Gasteiger partial charge in [-0.05, 0) is 42.2 Å². The second kappa shape index (κ2) is 9.69. The van der Waals surface area contributed by atoms with Gasteiger partial charge in [0.2, 0.25) is 0 Å². The first-order chi connectivity index (χ1) is 15.2. The van der Waals surface area contributed by atoms with Crippen LogP contribution < -0.4 is 5.32 Å². The monoisotopic (exact) mass is 448 g/mol. The Morgan fingerprint density at radius 2 is 1.75 bits per heavy atom. The van der Waals surface area contributed by atoms with Crippen molar-refractivity contribution in [3.05, 3.63) is 64.7 Å². The molecule has 0 radical (unpaired) electrons. The summed E-state index contributed by atoms with van der Waals surface area (Å²) in [6, 6.07) is 11.1. The number of rotatable bonds is 6. The Labute approximate surface area is 183 Å². The molecule has 9 heteroatoms. The van der Waals surface area contributed by atoms with Crippen molar-refractivity contribution >= 4 is 11.6 Å². The number of anilines is 1. The van der Waals surface area contributed by atoms with Crippen LogP contribution in [0, 0.1) is 17.2 Å². The van der Waals surface area contributed by atoms with Gasteiger partial charge >= 0.3 is 6.18 Å². The highest BCUT2D eigenvalue weighted by atomic mass is 19.4. The number of halogens is 3. The maximum Gasteiger partial charge on any atom is 0.417 e. The largest absolute Gasteiger partial charge is 0.417 e. The van der Waals surface area contributed by atoms with Crippen LogP contribution in [0.25, 0.3) is 0 Å². The first-order valence-corrected chi connectivity index (χ1v) is 10.1. The van der Waals surface area contributed by atoms with Crippen molar-refractivity contribution in [3.63, 3.8) is 0 Å². The molecule has 1 amide bonds. The van der Waals surface area contributed by atoms with Crippen molar-refractivity contribution in [1.29, 1.82) is 5.26 Å².